The summed E-state index contributed by atoms with van der Waals surface area (Å²) in [4.78, 5) is 15.7. The van der Waals surface area contributed by atoms with Gasteiger partial charge in [0.1, 0.15) is 11.9 Å². The minimum atomic E-state index is -0.187. The van der Waals surface area contributed by atoms with Gasteiger partial charge >= 0.3 is 0 Å². The summed E-state index contributed by atoms with van der Waals surface area (Å²) in [7, 11) is 1.67. The first-order valence-corrected chi connectivity index (χ1v) is 5.01. The molecule has 1 aliphatic rings. The fourth-order valence-corrected chi connectivity index (χ4v) is 1.44. The number of methoxy groups -OCH3 is 1. The van der Waals surface area contributed by atoms with E-state index in [2.05, 4.69) is 10.3 Å². The quantitative estimate of drug-likeness (QED) is 0.669. The van der Waals surface area contributed by atoms with Crippen LogP contribution in [0.5, 0.6) is 0 Å². The van der Waals surface area contributed by atoms with E-state index in [-0.39, 0.29) is 17.9 Å². The van der Waals surface area contributed by atoms with Gasteiger partial charge in [-0.1, -0.05) is 13.8 Å². The fourth-order valence-electron chi connectivity index (χ4n) is 1.44. The smallest absolute Gasteiger partial charge is 0.250 e. The molecule has 0 aromatic carbocycles. The highest BCUT2D eigenvalue weighted by molar-refractivity contribution is 6.05. The molecule has 0 fully saturated rings. The number of hydrogen-bond acceptors (Lipinski definition) is 3. The summed E-state index contributed by atoms with van der Waals surface area (Å²) in [5.74, 6) is 1.12. The largest absolute Gasteiger partial charge is 0.385 e. The summed E-state index contributed by atoms with van der Waals surface area (Å²) in [6, 6.07) is -0.187. The van der Waals surface area contributed by atoms with E-state index >= 15 is 0 Å². The van der Waals surface area contributed by atoms with E-state index in [1.165, 1.54) is 0 Å². The first-order valence-electron chi connectivity index (χ1n) is 5.01. The molecule has 0 aromatic rings. The van der Waals surface area contributed by atoms with E-state index in [0.717, 1.165) is 18.7 Å². The highest BCUT2D eigenvalue weighted by Gasteiger charge is 2.28. The van der Waals surface area contributed by atoms with Crippen molar-refractivity contribution in [2.75, 3.05) is 13.7 Å². The number of nitrogens with zero attached hydrogens (tertiary/aromatic N) is 1. The zero-order valence-corrected chi connectivity index (χ0v) is 9.04. The molecule has 1 amide bonds. The maximum Gasteiger partial charge on any atom is 0.250 e. The number of amides is 1. The van der Waals surface area contributed by atoms with E-state index in [0.29, 0.717) is 6.61 Å². The Kier molecular flexibility index (Phi) is 4.07. The Bertz CT molecular complexity index is 236. The second-order valence-electron chi connectivity index (χ2n) is 3.85. The molecule has 0 spiro atoms. The van der Waals surface area contributed by atoms with Crippen molar-refractivity contribution in [2.45, 2.75) is 32.7 Å². The number of aliphatic imine (C=N–C) groups is 1. The highest BCUT2D eigenvalue weighted by Crippen LogP contribution is 2.12. The monoisotopic (exact) mass is 198 g/mol. The molecule has 0 saturated carbocycles. The van der Waals surface area contributed by atoms with E-state index < -0.39 is 0 Å². The van der Waals surface area contributed by atoms with Crippen LogP contribution in [0.2, 0.25) is 0 Å². The maximum atomic E-state index is 11.4. The molecule has 1 unspecified atom stereocenters. The Morgan fingerprint density at radius 1 is 1.57 bits per heavy atom. The molecule has 1 heterocycles. The lowest BCUT2D eigenvalue weighted by molar-refractivity contribution is -0.120. The van der Waals surface area contributed by atoms with Crippen LogP contribution in [0.3, 0.4) is 0 Å². The topological polar surface area (TPSA) is 50.7 Å². The van der Waals surface area contributed by atoms with Crippen LogP contribution in [-0.4, -0.2) is 31.5 Å². The van der Waals surface area contributed by atoms with Crippen molar-refractivity contribution in [1.29, 1.82) is 0 Å². The van der Waals surface area contributed by atoms with Gasteiger partial charge in [0.25, 0.3) is 0 Å². The van der Waals surface area contributed by atoms with E-state index in [1.807, 2.05) is 13.8 Å². The second-order valence-corrected chi connectivity index (χ2v) is 3.85. The van der Waals surface area contributed by atoms with Crippen molar-refractivity contribution >= 4 is 11.7 Å². The lowest BCUT2D eigenvalue weighted by Gasteiger charge is -2.06. The average Bonchev–Trinajstić information content (AvgIpc) is 2.47. The molecule has 4 heteroatoms. The van der Waals surface area contributed by atoms with Crippen LogP contribution >= 0.6 is 0 Å². The van der Waals surface area contributed by atoms with Crippen LogP contribution in [0, 0.1) is 5.92 Å². The Labute approximate surface area is 84.7 Å². The Hall–Kier alpha value is -0.900. The summed E-state index contributed by atoms with van der Waals surface area (Å²) in [5.41, 5.74) is 0. The molecule has 1 N–H and O–H groups in total. The molecule has 0 radical (unpaired) electrons. The van der Waals surface area contributed by atoms with Gasteiger partial charge in [0.15, 0.2) is 0 Å². The Morgan fingerprint density at radius 3 is 2.79 bits per heavy atom. The highest BCUT2D eigenvalue weighted by atomic mass is 16.5. The van der Waals surface area contributed by atoms with Crippen LogP contribution in [0.4, 0.5) is 0 Å². The predicted octanol–water partition coefficient (Wildman–Crippen LogP) is 0.966. The number of ether oxygens (including phenoxy) is 1. The van der Waals surface area contributed by atoms with Gasteiger partial charge in [-0.2, -0.15) is 0 Å². The predicted molar refractivity (Wildman–Crippen MR) is 55.3 cm³/mol. The zero-order valence-electron chi connectivity index (χ0n) is 9.04. The van der Waals surface area contributed by atoms with Crippen LogP contribution in [0.25, 0.3) is 0 Å². The minimum Gasteiger partial charge on any atom is -0.385 e. The molecule has 14 heavy (non-hydrogen) atoms. The first kappa shape index (κ1) is 11.2. The minimum absolute atomic E-state index is 0.0346. The molecular weight excluding hydrogens is 180 g/mol. The summed E-state index contributed by atoms with van der Waals surface area (Å²) in [6.45, 7) is 4.72. The Morgan fingerprint density at radius 2 is 2.29 bits per heavy atom. The van der Waals surface area contributed by atoms with Gasteiger partial charge in [0.05, 0.1) is 0 Å². The van der Waals surface area contributed by atoms with Gasteiger partial charge in [-0.05, 0) is 12.3 Å². The SMILES string of the molecule is COCCCC1=NC(C(C)C)C(=O)N1. The molecule has 4 nitrogen and oxygen atoms in total. The molecule has 0 bridgehead atoms. The van der Waals surface area contributed by atoms with Gasteiger partial charge in [0.2, 0.25) is 5.91 Å². The van der Waals surface area contributed by atoms with Gasteiger partial charge in [-0.25, -0.2) is 0 Å². The van der Waals surface area contributed by atoms with E-state index in [1.54, 1.807) is 7.11 Å². The standard InChI is InChI=1S/C10H18N2O2/c1-7(2)9-10(13)12-8(11-9)5-4-6-14-3/h7,9H,4-6H2,1-3H3,(H,11,12,13). The molecule has 0 saturated heterocycles. The van der Waals surface area contributed by atoms with E-state index in [9.17, 15) is 4.79 Å². The summed E-state index contributed by atoms with van der Waals surface area (Å²) < 4.78 is 4.94. The molecule has 1 atom stereocenters. The fraction of sp³-hybridized carbons (Fsp3) is 0.800. The van der Waals surface area contributed by atoms with Crippen molar-refractivity contribution in [3.63, 3.8) is 0 Å². The third kappa shape index (κ3) is 2.80. The van der Waals surface area contributed by atoms with E-state index in [4.69, 9.17) is 4.74 Å². The van der Waals surface area contributed by atoms with Crippen molar-refractivity contribution in [1.82, 2.24) is 5.32 Å². The summed E-state index contributed by atoms with van der Waals surface area (Å²) >= 11 is 0. The van der Waals surface area contributed by atoms with Gasteiger partial charge in [-0.3, -0.25) is 9.79 Å². The third-order valence-electron chi connectivity index (χ3n) is 2.22. The average molecular weight is 198 g/mol. The van der Waals surface area contributed by atoms with Crippen LogP contribution < -0.4 is 5.32 Å². The first-order chi connectivity index (χ1) is 6.65. The number of carbonyl (C=O) groups excluding carboxylic acids is 1. The lowest BCUT2D eigenvalue weighted by atomic mass is 10.1. The molecular formula is C10H18N2O2. The zero-order chi connectivity index (χ0) is 10.6. The molecule has 1 aliphatic heterocycles. The van der Waals surface area contributed by atoms with Gasteiger partial charge in [0, 0.05) is 20.1 Å². The molecule has 1 rings (SSSR count). The van der Waals surface area contributed by atoms with Crippen LogP contribution in [0.15, 0.2) is 4.99 Å². The molecule has 80 valence electrons. The number of amidine groups is 1. The summed E-state index contributed by atoms with van der Waals surface area (Å²) in [5, 5.41) is 2.80. The lowest BCUT2D eigenvalue weighted by Crippen LogP contribution is -2.31. The summed E-state index contributed by atoms with van der Waals surface area (Å²) in [6.07, 6.45) is 1.70. The van der Waals surface area contributed by atoms with Gasteiger partial charge < -0.3 is 10.1 Å². The van der Waals surface area contributed by atoms with Crippen molar-refractivity contribution in [3.8, 4) is 0 Å². The molecule has 0 aromatic heterocycles. The molecule has 0 aliphatic carbocycles. The van der Waals surface area contributed by atoms with Gasteiger partial charge in [-0.15, -0.1) is 0 Å². The maximum absolute atomic E-state index is 11.4. The Balaban J connectivity index is 2.41. The number of rotatable bonds is 5. The van der Waals surface area contributed by atoms with Crippen LogP contribution in [-0.2, 0) is 9.53 Å². The van der Waals surface area contributed by atoms with Crippen molar-refractivity contribution < 1.29 is 9.53 Å². The van der Waals surface area contributed by atoms with Crippen molar-refractivity contribution in [3.05, 3.63) is 0 Å². The number of carbonyl (C=O) groups is 1. The van der Waals surface area contributed by atoms with Crippen molar-refractivity contribution in [2.24, 2.45) is 10.9 Å². The third-order valence-corrected chi connectivity index (χ3v) is 2.22. The second kappa shape index (κ2) is 5.10. The van der Waals surface area contributed by atoms with Crippen LogP contribution in [0.1, 0.15) is 26.7 Å². The normalized spacial score (nSPS) is 21.3. The number of hydrogen-bond donors (Lipinski definition) is 1. The number of nitrogens with one attached hydrogen (secondary N) is 1.